The quantitative estimate of drug-likeness (QED) is 0.711. The van der Waals surface area contributed by atoms with Crippen molar-refractivity contribution in [1.82, 2.24) is 15.1 Å². The Kier molecular flexibility index (Phi) is 4.21. The molecule has 0 fully saturated rings. The summed E-state index contributed by atoms with van der Waals surface area (Å²) in [7, 11) is 0. The van der Waals surface area contributed by atoms with Crippen molar-refractivity contribution in [3.05, 3.63) is 46.5 Å². The maximum absolute atomic E-state index is 13.4. The van der Waals surface area contributed by atoms with Crippen molar-refractivity contribution < 1.29 is 22.8 Å². The average Bonchev–Trinajstić information content (AvgIpc) is 2.87. The molecule has 136 valence electrons. The monoisotopic (exact) mass is 363 g/mol. The number of phenols is 1. The number of hydrogen-bond donors (Lipinski definition) is 1. The van der Waals surface area contributed by atoms with E-state index in [0.29, 0.717) is 28.4 Å². The Morgan fingerprint density at radius 1 is 1.00 bits per heavy atom. The molecule has 3 aromatic rings. The average molecular weight is 363 g/mol. The van der Waals surface area contributed by atoms with Crippen LogP contribution in [-0.4, -0.2) is 20.2 Å². The van der Waals surface area contributed by atoms with Crippen molar-refractivity contribution in [3.63, 3.8) is 0 Å². The highest BCUT2D eigenvalue weighted by molar-refractivity contribution is 5.72. The highest BCUT2D eigenvalue weighted by Gasteiger charge is 2.35. The van der Waals surface area contributed by atoms with Crippen LogP contribution in [0.1, 0.15) is 28.3 Å². The Labute approximate surface area is 147 Å². The molecule has 0 aliphatic carbocycles. The summed E-state index contributed by atoms with van der Waals surface area (Å²) in [4.78, 5) is 8.58. The maximum Gasteiger partial charge on any atom is 0.417 e. The van der Waals surface area contributed by atoms with Gasteiger partial charge in [-0.05, 0) is 51.5 Å². The molecular weight excluding hydrogens is 347 g/mol. The maximum atomic E-state index is 13.4. The second-order valence-corrected chi connectivity index (χ2v) is 6.03. The van der Waals surface area contributed by atoms with Gasteiger partial charge in [0.15, 0.2) is 5.82 Å². The summed E-state index contributed by atoms with van der Waals surface area (Å²) in [5.41, 5.74) is 1.72. The second kappa shape index (κ2) is 6.12. The van der Waals surface area contributed by atoms with Crippen molar-refractivity contribution >= 4 is 0 Å². The van der Waals surface area contributed by atoms with Gasteiger partial charge in [-0.15, -0.1) is 0 Å². The summed E-state index contributed by atoms with van der Waals surface area (Å²) in [6, 6.07) is 2.82. The van der Waals surface area contributed by atoms with E-state index >= 15 is 0 Å². The third-order valence-corrected chi connectivity index (χ3v) is 4.21. The highest BCUT2D eigenvalue weighted by Crippen LogP contribution is 2.39. The van der Waals surface area contributed by atoms with E-state index in [0.717, 1.165) is 23.8 Å². The molecule has 5 nitrogen and oxygen atoms in total. The minimum atomic E-state index is -4.60. The topological polar surface area (TPSA) is 72.0 Å². The number of phenolic OH excluding ortho intramolecular Hbond substituents is 1. The van der Waals surface area contributed by atoms with Crippen molar-refractivity contribution in [1.29, 1.82) is 0 Å². The van der Waals surface area contributed by atoms with E-state index in [1.54, 1.807) is 27.7 Å². The van der Waals surface area contributed by atoms with Gasteiger partial charge in [0.1, 0.15) is 11.5 Å². The molecule has 0 unspecified atom stereocenters. The van der Waals surface area contributed by atoms with E-state index in [1.807, 2.05) is 0 Å². The Hall–Kier alpha value is -2.90. The smallest absolute Gasteiger partial charge is 0.417 e. The molecule has 0 amide bonds. The predicted octanol–water partition coefficient (Wildman–Crippen LogP) is 4.76. The first-order valence-corrected chi connectivity index (χ1v) is 7.78. The summed E-state index contributed by atoms with van der Waals surface area (Å²) >= 11 is 0. The first kappa shape index (κ1) is 17.9. The number of benzene rings is 1. The molecule has 2 aromatic heterocycles. The Balaban J connectivity index is 2.31. The number of hydrogen-bond acceptors (Lipinski definition) is 5. The lowest BCUT2D eigenvalue weighted by molar-refractivity contribution is -0.137. The number of halogens is 3. The molecule has 1 aromatic carbocycles. The fraction of sp³-hybridized carbons (Fsp3) is 0.278. The van der Waals surface area contributed by atoms with Crippen LogP contribution in [0, 0.1) is 27.7 Å². The lowest BCUT2D eigenvalue weighted by atomic mass is 10.0. The van der Waals surface area contributed by atoms with Gasteiger partial charge in [-0.2, -0.15) is 13.2 Å². The zero-order chi connectivity index (χ0) is 19.2. The van der Waals surface area contributed by atoms with Crippen LogP contribution >= 0.6 is 0 Å². The van der Waals surface area contributed by atoms with Crippen molar-refractivity contribution in [2.75, 3.05) is 0 Å². The highest BCUT2D eigenvalue weighted by atomic mass is 19.4. The number of aryl methyl sites for hydroxylation is 3. The summed E-state index contributed by atoms with van der Waals surface area (Å²) in [5, 5.41) is 13.6. The second-order valence-electron chi connectivity index (χ2n) is 6.03. The zero-order valence-corrected chi connectivity index (χ0v) is 14.6. The molecule has 0 saturated carbocycles. The standard InChI is InChI=1S/C18H16F3N3O2/c1-8-9(2)22-17(23-16(8)15-10(3)24-26-11(15)4)13-7-12(25)5-6-14(13)18(19,20)21/h5-7,25H,1-4H3. The van der Waals surface area contributed by atoms with Crippen LogP contribution < -0.4 is 0 Å². The van der Waals surface area contributed by atoms with E-state index < -0.39 is 11.7 Å². The predicted molar refractivity (Wildman–Crippen MR) is 88.6 cm³/mol. The number of aromatic hydroxyl groups is 1. The molecule has 0 aliphatic rings. The van der Waals surface area contributed by atoms with Gasteiger partial charge >= 0.3 is 6.18 Å². The summed E-state index contributed by atoms with van der Waals surface area (Å²) in [5.74, 6) is 0.0987. The number of alkyl halides is 3. The molecular formula is C18H16F3N3O2. The largest absolute Gasteiger partial charge is 0.508 e. The van der Waals surface area contributed by atoms with E-state index in [9.17, 15) is 18.3 Å². The molecule has 0 atom stereocenters. The van der Waals surface area contributed by atoms with Gasteiger partial charge in [-0.25, -0.2) is 9.97 Å². The number of rotatable bonds is 2. The van der Waals surface area contributed by atoms with E-state index in [-0.39, 0.29) is 17.1 Å². The van der Waals surface area contributed by atoms with Gasteiger partial charge in [0.05, 0.1) is 22.5 Å². The Morgan fingerprint density at radius 2 is 1.69 bits per heavy atom. The van der Waals surface area contributed by atoms with E-state index in [2.05, 4.69) is 15.1 Å². The van der Waals surface area contributed by atoms with Crippen molar-refractivity contribution in [2.24, 2.45) is 0 Å². The Bertz CT molecular complexity index is 975. The fourth-order valence-electron chi connectivity index (χ4n) is 2.78. The molecule has 1 N–H and O–H groups in total. The minimum Gasteiger partial charge on any atom is -0.508 e. The summed E-state index contributed by atoms with van der Waals surface area (Å²) in [6.07, 6.45) is -4.60. The van der Waals surface area contributed by atoms with Crippen LogP contribution in [0.2, 0.25) is 0 Å². The molecule has 0 spiro atoms. The van der Waals surface area contributed by atoms with Gasteiger partial charge < -0.3 is 9.63 Å². The number of aromatic nitrogens is 3. The molecule has 26 heavy (non-hydrogen) atoms. The molecule has 0 bridgehead atoms. The van der Waals surface area contributed by atoms with Crippen molar-refractivity contribution in [3.8, 4) is 28.4 Å². The third kappa shape index (κ3) is 3.02. The van der Waals surface area contributed by atoms with E-state index in [4.69, 9.17) is 4.52 Å². The van der Waals surface area contributed by atoms with Crippen LogP contribution in [0.4, 0.5) is 13.2 Å². The molecule has 2 heterocycles. The lowest BCUT2D eigenvalue weighted by Gasteiger charge is -2.15. The van der Waals surface area contributed by atoms with Gasteiger partial charge in [0.2, 0.25) is 0 Å². The zero-order valence-electron chi connectivity index (χ0n) is 14.6. The first-order chi connectivity index (χ1) is 12.1. The first-order valence-electron chi connectivity index (χ1n) is 7.78. The van der Waals surface area contributed by atoms with Gasteiger partial charge in [0.25, 0.3) is 0 Å². The minimum absolute atomic E-state index is 0.119. The molecule has 8 heteroatoms. The summed E-state index contributed by atoms with van der Waals surface area (Å²) < 4.78 is 45.3. The van der Waals surface area contributed by atoms with E-state index in [1.165, 1.54) is 0 Å². The Morgan fingerprint density at radius 3 is 2.27 bits per heavy atom. The van der Waals surface area contributed by atoms with Gasteiger partial charge in [0, 0.05) is 11.3 Å². The summed E-state index contributed by atoms with van der Waals surface area (Å²) in [6.45, 7) is 6.92. The molecule has 0 aliphatic heterocycles. The van der Waals surface area contributed by atoms with Crippen LogP contribution in [0.5, 0.6) is 5.75 Å². The molecule has 0 radical (unpaired) electrons. The number of nitrogens with zero attached hydrogens (tertiary/aromatic N) is 3. The molecule has 3 rings (SSSR count). The normalized spacial score (nSPS) is 11.8. The van der Waals surface area contributed by atoms with Gasteiger partial charge in [-0.3, -0.25) is 0 Å². The lowest BCUT2D eigenvalue weighted by Crippen LogP contribution is -2.09. The van der Waals surface area contributed by atoms with Crippen molar-refractivity contribution in [2.45, 2.75) is 33.9 Å². The van der Waals surface area contributed by atoms with Crippen LogP contribution in [0.15, 0.2) is 22.7 Å². The van der Waals surface area contributed by atoms with Crippen LogP contribution in [0.3, 0.4) is 0 Å². The molecule has 0 saturated heterocycles. The SMILES string of the molecule is Cc1nc(-c2cc(O)ccc2C(F)(F)F)nc(-c2c(C)noc2C)c1C. The fourth-order valence-corrected chi connectivity index (χ4v) is 2.78. The van der Waals surface area contributed by atoms with Crippen LogP contribution in [-0.2, 0) is 6.18 Å². The van der Waals surface area contributed by atoms with Gasteiger partial charge in [-0.1, -0.05) is 5.16 Å². The van der Waals surface area contributed by atoms with Crippen LogP contribution in [0.25, 0.3) is 22.6 Å². The third-order valence-electron chi connectivity index (χ3n) is 4.21.